The summed E-state index contributed by atoms with van der Waals surface area (Å²) in [6, 6.07) is 5.47. The minimum atomic E-state index is 0.196. The Morgan fingerprint density at radius 3 is 2.81 bits per heavy atom. The average Bonchev–Trinajstić information content (AvgIpc) is 2.51. The standard InChI is InChI=1S/C17H27NO3/c1-2-20-17-12-14(8-9-16(17)19)13-18-10-11-21-15-6-4-3-5-7-15/h8-9,12,15,18-19H,2-7,10-11,13H2,1H3. The zero-order valence-corrected chi connectivity index (χ0v) is 12.9. The average molecular weight is 293 g/mol. The molecular formula is C17H27NO3. The Hall–Kier alpha value is -1.26. The van der Waals surface area contributed by atoms with Crippen molar-refractivity contribution in [1.82, 2.24) is 5.32 Å². The molecule has 0 aromatic heterocycles. The number of hydrogen-bond acceptors (Lipinski definition) is 4. The molecule has 0 atom stereocenters. The minimum absolute atomic E-state index is 0.196. The second-order valence-corrected chi connectivity index (χ2v) is 5.54. The normalized spacial score (nSPS) is 16.0. The van der Waals surface area contributed by atoms with Gasteiger partial charge in [-0.25, -0.2) is 0 Å². The van der Waals surface area contributed by atoms with Crippen LogP contribution in [0.1, 0.15) is 44.6 Å². The zero-order chi connectivity index (χ0) is 14.9. The van der Waals surface area contributed by atoms with E-state index in [1.165, 1.54) is 32.1 Å². The topological polar surface area (TPSA) is 50.7 Å². The van der Waals surface area contributed by atoms with Crippen LogP contribution < -0.4 is 10.1 Å². The number of phenolic OH excluding ortho intramolecular Hbond substituents is 1. The van der Waals surface area contributed by atoms with Crippen LogP contribution in [0.4, 0.5) is 0 Å². The van der Waals surface area contributed by atoms with Gasteiger partial charge in [0.15, 0.2) is 11.5 Å². The number of benzene rings is 1. The van der Waals surface area contributed by atoms with E-state index < -0.39 is 0 Å². The van der Waals surface area contributed by atoms with Gasteiger partial charge in [-0.15, -0.1) is 0 Å². The largest absolute Gasteiger partial charge is 0.504 e. The summed E-state index contributed by atoms with van der Waals surface area (Å²) in [5.74, 6) is 0.747. The van der Waals surface area contributed by atoms with E-state index in [1.807, 2.05) is 19.1 Å². The molecule has 2 rings (SSSR count). The Labute approximate surface area is 127 Å². The van der Waals surface area contributed by atoms with Crippen molar-refractivity contribution in [2.75, 3.05) is 19.8 Å². The van der Waals surface area contributed by atoms with E-state index >= 15 is 0 Å². The molecular weight excluding hydrogens is 266 g/mol. The van der Waals surface area contributed by atoms with Crippen molar-refractivity contribution in [3.63, 3.8) is 0 Å². The van der Waals surface area contributed by atoms with E-state index in [0.717, 1.165) is 25.3 Å². The van der Waals surface area contributed by atoms with Crippen LogP contribution in [0.3, 0.4) is 0 Å². The summed E-state index contributed by atoms with van der Waals surface area (Å²) in [4.78, 5) is 0. The van der Waals surface area contributed by atoms with E-state index in [-0.39, 0.29) is 5.75 Å². The molecule has 4 nitrogen and oxygen atoms in total. The third kappa shape index (κ3) is 5.56. The van der Waals surface area contributed by atoms with Gasteiger partial charge in [-0.05, 0) is 37.5 Å². The number of aromatic hydroxyl groups is 1. The monoisotopic (exact) mass is 293 g/mol. The highest BCUT2D eigenvalue weighted by molar-refractivity contribution is 5.41. The number of hydrogen-bond donors (Lipinski definition) is 2. The Balaban J connectivity index is 1.65. The second-order valence-electron chi connectivity index (χ2n) is 5.54. The van der Waals surface area contributed by atoms with Gasteiger partial charge in [0.1, 0.15) is 0 Å². The molecule has 1 saturated carbocycles. The van der Waals surface area contributed by atoms with Gasteiger partial charge in [-0.1, -0.05) is 25.3 Å². The first-order valence-electron chi connectivity index (χ1n) is 8.06. The molecule has 118 valence electrons. The van der Waals surface area contributed by atoms with E-state index in [0.29, 0.717) is 18.5 Å². The lowest BCUT2D eigenvalue weighted by Crippen LogP contribution is -2.24. The quantitative estimate of drug-likeness (QED) is 0.723. The molecule has 0 saturated heterocycles. The first-order chi connectivity index (χ1) is 10.3. The predicted molar refractivity (Wildman–Crippen MR) is 83.8 cm³/mol. The molecule has 0 radical (unpaired) electrons. The molecule has 1 aliphatic rings. The number of phenols is 1. The van der Waals surface area contributed by atoms with Crippen molar-refractivity contribution in [2.45, 2.75) is 51.7 Å². The van der Waals surface area contributed by atoms with Crippen LogP contribution in [0.5, 0.6) is 11.5 Å². The van der Waals surface area contributed by atoms with Crippen LogP contribution in [0.15, 0.2) is 18.2 Å². The lowest BCUT2D eigenvalue weighted by atomic mass is 9.98. The maximum absolute atomic E-state index is 9.65. The van der Waals surface area contributed by atoms with Crippen LogP contribution in [-0.4, -0.2) is 31.0 Å². The Bertz CT molecular complexity index is 416. The van der Waals surface area contributed by atoms with Crippen LogP contribution in [-0.2, 0) is 11.3 Å². The number of nitrogens with one attached hydrogen (secondary N) is 1. The molecule has 2 N–H and O–H groups in total. The van der Waals surface area contributed by atoms with Crippen LogP contribution in [0.25, 0.3) is 0 Å². The Morgan fingerprint density at radius 1 is 1.24 bits per heavy atom. The van der Waals surface area contributed by atoms with Gasteiger partial charge in [0.05, 0.1) is 19.3 Å². The summed E-state index contributed by atoms with van der Waals surface area (Å²) in [6.07, 6.45) is 6.89. The molecule has 1 aromatic carbocycles. The fourth-order valence-corrected chi connectivity index (χ4v) is 2.70. The molecule has 0 aliphatic heterocycles. The van der Waals surface area contributed by atoms with Gasteiger partial charge in [0.25, 0.3) is 0 Å². The first-order valence-corrected chi connectivity index (χ1v) is 8.06. The van der Waals surface area contributed by atoms with E-state index in [1.54, 1.807) is 6.07 Å². The summed E-state index contributed by atoms with van der Waals surface area (Å²) in [7, 11) is 0. The van der Waals surface area contributed by atoms with E-state index in [9.17, 15) is 5.11 Å². The van der Waals surface area contributed by atoms with Crippen molar-refractivity contribution in [3.05, 3.63) is 23.8 Å². The highest BCUT2D eigenvalue weighted by Gasteiger charge is 2.12. The maximum Gasteiger partial charge on any atom is 0.161 e. The Morgan fingerprint density at radius 2 is 2.05 bits per heavy atom. The van der Waals surface area contributed by atoms with Crippen molar-refractivity contribution in [1.29, 1.82) is 0 Å². The summed E-state index contributed by atoms with van der Waals surface area (Å²) < 4.78 is 11.3. The van der Waals surface area contributed by atoms with Crippen molar-refractivity contribution in [2.24, 2.45) is 0 Å². The SMILES string of the molecule is CCOc1cc(CNCCOC2CCCCC2)ccc1O. The van der Waals surface area contributed by atoms with Gasteiger partial charge in [0.2, 0.25) is 0 Å². The molecule has 1 aromatic rings. The van der Waals surface area contributed by atoms with E-state index in [4.69, 9.17) is 9.47 Å². The van der Waals surface area contributed by atoms with Crippen molar-refractivity contribution >= 4 is 0 Å². The molecule has 0 spiro atoms. The van der Waals surface area contributed by atoms with Crippen LogP contribution in [0, 0.1) is 0 Å². The van der Waals surface area contributed by atoms with Crippen LogP contribution >= 0.6 is 0 Å². The van der Waals surface area contributed by atoms with Crippen molar-refractivity contribution in [3.8, 4) is 11.5 Å². The molecule has 21 heavy (non-hydrogen) atoms. The summed E-state index contributed by atoms with van der Waals surface area (Å²) in [5, 5.41) is 13.0. The summed E-state index contributed by atoms with van der Waals surface area (Å²) in [5.41, 5.74) is 1.11. The molecule has 1 fully saturated rings. The summed E-state index contributed by atoms with van der Waals surface area (Å²) in [6.45, 7) is 4.84. The first kappa shape index (κ1) is 16.1. The highest BCUT2D eigenvalue weighted by Crippen LogP contribution is 2.26. The fourth-order valence-electron chi connectivity index (χ4n) is 2.70. The second kappa shape index (κ2) is 8.90. The lowest BCUT2D eigenvalue weighted by molar-refractivity contribution is 0.0302. The fraction of sp³-hybridized carbons (Fsp3) is 0.647. The number of rotatable bonds is 8. The molecule has 0 bridgehead atoms. The van der Waals surface area contributed by atoms with Gasteiger partial charge in [0, 0.05) is 13.1 Å². The van der Waals surface area contributed by atoms with Crippen LogP contribution in [0.2, 0.25) is 0 Å². The van der Waals surface area contributed by atoms with E-state index in [2.05, 4.69) is 5.32 Å². The van der Waals surface area contributed by atoms with Gasteiger partial charge in [-0.3, -0.25) is 0 Å². The smallest absolute Gasteiger partial charge is 0.161 e. The number of ether oxygens (including phenoxy) is 2. The molecule has 4 heteroatoms. The third-order valence-corrected chi connectivity index (χ3v) is 3.84. The molecule has 0 heterocycles. The maximum atomic E-state index is 9.65. The molecule has 0 amide bonds. The predicted octanol–water partition coefficient (Wildman–Crippen LogP) is 3.23. The minimum Gasteiger partial charge on any atom is -0.504 e. The highest BCUT2D eigenvalue weighted by atomic mass is 16.5. The Kier molecular flexibility index (Phi) is 6.83. The molecule has 0 unspecified atom stereocenters. The molecule has 1 aliphatic carbocycles. The van der Waals surface area contributed by atoms with Gasteiger partial charge < -0.3 is 19.9 Å². The summed E-state index contributed by atoms with van der Waals surface area (Å²) >= 11 is 0. The third-order valence-electron chi connectivity index (χ3n) is 3.84. The lowest BCUT2D eigenvalue weighted by Gasteiger charge is -2.22. The zero-order valence-electron chi connectivity index (χ0n) is 12.9. The van der Waals surface area contributed by atoms with Gasteiger partial charge >= 0.3 is 0 Å². The van der Waals surface area contributed by atoms with Gasteiger partial charge in [-0.2, -0.15) is 0 Å². The van der Waals surface area contributed by atoms with Crippen molar-refractivity contribution < 1.29 is 14.6 Å².